The minimum absolute atomic E-state index is 0.307. The summed E-state index contributed by atoms with van der Waals surface area (Å²) in [4.78, 5) is 19.9. The van der Waals surface area contributed by atoms with Crippen LogP contribution < -0.4 is 4.74 Å². The van der Waals surface area contributed by atoms with E-state index in [2.05, 4.69) is 9.97 Å². The van der Waals surface area contributed by atoms with Gasteiger partial charge in [0, 0.05) is 29.0 Å². The molecule has 0 bridgehead atoms. The number of aryl methyl sites for hydroxylation is 2. The molecule has 1 N–H and O–H groups in total. The van der Waals surface area contributed by atoms with E-state index in [1.165, 1.54) is 0 Å². The summed E-state index contributed by atoms with van der Waals surface area (Å²) in [6.45, 7) is 2.15. The zero-order valence-corrected chi connectivity index (χ0v) is 13.8. The number of methoxy groups -OCH3 is 1. The van der Waals surface area contributed by atoms with Gasteiger partial charge in [-0.2, -0.15) is 0 Å². The maximum Gasteiger partial charge on any atom is 0.340 e. The van der Waals surface area contributed by atoms with Crippen molar-refractivity contribution in [3.8, 4) is 5.75 Å². The molecule has 0 atom stereocenters. The number of aromatic amines is 1. The predicted octanol–water partition coefficient (Wildman–Crippen LogP) is 3.53. The fourth-order valence-corrected chi connectivity index (χ4v) is 2.79. The van der Waals surface area contributed by atoms with E-state index in [0.717, 1.165) is 28.6 Å². The Morgan fingerprint density at radius 2 is 2.12 bits per heavy atom. The van der Waals surface area contributed by atoms with Gasteiger partial charge >= 0.3 is 5.97 Å². The highest BCUT2D eigenvalue weighted by Gasteiger charge is 2.20. The first-order chi connectivity index (χ1) is 11.7. The Kier molecular flexibility index (Phi) is 4.79. The van der Waals surface area contributed by atoms with Crippen molar-refractivity contribution in [1.82, 2.24) is 9.97 Å². The molecule has 1 aromatic carbocycles. The summed E-state index contributed by atoms with van der Waals surface area (Å²) in [5.41, 5.74) is 3.50. The second-order valence-corrected chi connectivity index (χ2v) is 5.47. The number of H-pyrrole nitrogens is 1. The van der Waals surface area contributed by atoms with Crippen molar-refractivity contribution < 1.29 is 14.3 Å². The van der Waals surface area contributed by atoms with Crippen LogP contribution in [0.15, 0.2) is 42.7 Å². The van der Waals surface area contributed by atoms with Gasteiger partial charge in [-0.05, 0) is 49.6 Å². The summed E-state index contributed by atoms with van der Waals surface area (Å²) in [6, 6.07) is 9.61. The number of rotatable bonds is 6. The minimum Gasteiger partial charge on any atom is -0.497 e. The van der Waals surface area contributed by atoms with E-state index in [4.69, 9.17) is 9.47 Å². The first-order valence-corrected chi connectivity index (χ1v) is 7.97. The molecule has 0 amide bonds. The number of esters is 1. The maximum atomic E-state index is 12.5. The average molecular weight is 324 g/mol. The number of ether oxygens (including phenoxy) is 2. The molecule has 5 heteroatoms. The van der Waals surface area contributed by atoms with Gasteiger partial charge in [0.2, 0.25) is 0 Å². The van der Waals surface area contributed by atoms with Crippen molar-refractivity contribution in [2.24, 2.45) is 0 Å². The van der Waals surface area contributed by atoms with Crippen LogP contribution in [0.5, 0.6) is 5.75 Å². The summed E-state index contributed by atoms with van der Waals surface area (Å²) in [5.74, 6) is 0.407. The Hall–Kier alpha value is -2.82. The molecule has 0 spiro atoms. The van der Waals surface area contributed by atoms with E-state index in [1.807, 2.05) is 43.5 Å². The predicted molar refractivity (Wildman–Crippen MR) is 92.5 cm³/mol. The number of pyridine rings is 1. The van der Waals surface area contributed by atoms with Crippen LogP contribution in [0, 0.1) is 0 Å². The molecule has 124 valence electrons. The topological polar surface area (TPSA) is 64.2 Å². The molecule has 0 unspecified atom stereocenters. The van der Waals surface area contributed by atoms with E-state index in [1.54, 1.807) is 13.3 Å². The standard InChI is InChI=1S/C19H20N2O3/c1-3-24-19(22)18-15-11-14(23-2)7-9-16(15)21-17(18)8-6-13-5-4-10-20-12-13/h4-5,7,9-12,21H,3,6,8H2,1-2H3. The molecule has 0 aliphatic heterocycles. The SMILES string of the molecule is CCOC(=O)c1c(CCc2cccnc2)[nH]c2ccc(OC)cc12. The summed E-state index contributed by atoms with van der Waals surface area (Å²) in [5, 5.41) is 0.828. The number of nitrogens with zero attached hydrogens (tertiary/aromatic N) is 1. The van der Waals surface area contributed by atoms with Crippen LogP contribution >= 0.6 is 0 Å². The van der Waals surface area contributed by atoms with Gasteiger partial charge in [-0.3, -0.25) is 4.98 Å². The van der Waals surface area contributed by atoms with Crippen molar-refractivity contribution >= 4 is 16.9 Å². The number of carbonyl (C=O) groups is 1. The first kappa shape index (κ1) is 16.1. The number of hydrogen-bond acceptors (Lipinski definition) is 4. The third kappa shape index (κ3) is 3.25. The van der Waals surface area contributed by atoms with Crippen molar-refractivity contribution in [1.29, 1.82) is 0 Å². The molecule has 3 aromatic rings. The van der Waals surface area contributed by atoms with Gasteiger partial charge in [-0.1, -0.05) is 6.07 Å². The highest BCUT2D eigenvalue weighted by molar-refractivity contribution is 6.06. The van der Waals surface area contributed by atoms with Crippen LogP contribution in [0.4, 0.5) is 0 Å². The van der Waals surface area contributed by atoms with Crippen molar-refractivity contribution in [2.75, 3.05) is 13.7 Å². The normalized spacial score (nSPS) is 10.8. The summed E-state index contributed by atoms with van der Waals surface area (Å²) in [6.07, 6.45) is 5.10. The Morgan fingerprint density at radius 1 is 1.25 bits per heavy atom. The van der Waals surface area contributed by atoms with Crippen molar-refractivity contribution in [2.45, 2.75) is 19.8 Å². The van der Waals surface area contributed by atoms with Crippen LogP contribution in [-0.2, 0) is 17.6 Å². The fourth-order valence-electron chi connectivity index (χ4n) is 2.79. The lowest BCUT2D eigenvalue weighted by molar-refractivity contribution is 0.0527. The lowest BCUT2D eigenvalue weighted by Crippen LogP contribution is -2.08. The van der Waals surface area contributed by atoms with E-state index < -0.39 is 0 Å². The molecule has 0 fully saturated rings. The Balaban J connectivity index is 1.98. The van der Waals surface area contributed by atoms with E-state index in [9.17, 15) is 4.79 Å². The van der Waals surface area contributed by atoms with Crippen LogP contribution in [-0.4, -0.2) is 29.7 Å². The second-order valence-electron chi connectivity index (χ2n) is 5.47. The highest BCUT2D eigenvalue weighted by Crippen LogP contribution is 2.28. The van der Waals surface area contributed by atoms with Gasteiger partial charge in [-0.25, -0.2) is 4.79 Å². The summed E-state index contributed by atoms with van der Waals surface area (Å²) in [7, 11) is 1.61. The second kappa shape index (κ2) is 7.17. The first-order valence-electron chi connectivity index (χ1n) is 7.97. The van der Waals surface area contributed by atoms with Gasteiger partial charge < -0.3 is 14.5 Å². The number of hydrogen-bond donors (Lipinski definition) is 1. The van der Waals surface area contributed by atoms with E-state index in [0.29, 0.717) is 24.3 Å². The summed E-state index contributed by atoms with van der Waals surface area (Å²) >= 11 is 0. The maximum absolute atomic E-state index is 12.5. The zero-order valence-electron chi connectivity index (χ0n) is 13.8. The number of carbonyl (C=O) groups excluding carboxylic acids is 1. The molecule has 0 saturated carbocycles. The molecule has 3 rings (SSSR count). The molecule has 0 radical (unpaired) electrons. The third-order valence-electron chi connectivity index (χ3n) is 3.95. The zero-order chi connectivity index (χ0) is 16.9. The summed E-state index contributed by atoms with van der Waals surface area (Å²) < 4.78 is 10.5. The molecule has 5 nitrogen and oxygen atoms in total. The number of benzene rings is 1. The largest absolute Gasteiger partial charge is 0.497 e. The monoisotopic (exact) mass is 324 g/mol. The molecule has 2 heterocycles. The molecule has 24 heavy (non-hydrogen) atoms. The van der Waals surface area contributed by atoms with E-state index in [-0.39, 0.29) is 5.97 Å². The van der Waals surface area contributed by atoms with Crippen molar-refractivity contribution in [3.05, 3.63) is 59.5 Å². The molecule has 0 saturated heterocycles. The number of aromatic nitrogens is 2. The van der Waals surface area contributed by atoms with Gasteiger partial charge in [0.1, 0.15) is 5.75 Å². The smallest absolute Gasteiger partial charge is 0.340 e. The lowest BCUT2D eigenvalue weighted by Gasteiger charge is -2.05. The van der Waals surface area contributed by atoms with Gasteiger partial charge in [0.05, 0.1) is 19.3 Å². The van der Waals surface area contributed by atoms with E-state index >= 15 is 0 Å². The third-order valence-corrected chi connectivity index (χ3v) is 3.95. The molecule has 0 aliphatic carbocycles. The highest BCUT2D eigenvalue weighted by atomic mass is 16.5. The minimum atomic E-state index is -0.307. The number of nitrogens with one attached hydrogen (secondary N) is 1. The fraction of sp³-hybridized carbons (Fsp3) is 0.263. The molecular weight excluding hydrogens is 304 g/mol. The quantitative estimate of drug-likeness (QED) is 0.705. The van der Waals surface area contributed by atoms with Crippen LogP contribution in [0.3, 0.4) is 0 Å². The molecule has 0 aliphatic rings. The Bertz CT molecular complexity index is 840. The molecular formula is C19H20N2O3. The number of fused-ring (bicyclic) bond motifs is 1. The Morgan fingerprint density at radius 3 is 2.83 bits per heavy atom. The molecule has 2 aromatic heterocycles. The van der Waals surface area contributed by atoms with Gasteiger partial charge in [0.15, 0.2) is 0 Å². The van der Waals surface area contributed by atoms with Gasteiger partial charge in [-0.15, -0.1) is 0 Å². The van der Waals surface area contributed by atoms with Crippen LogP contribution in [0.2, 0.25) is 0 Å². The lowest BCUT2D eigenvalue weighted by atomic mass is 10.1. The van der Waals surface area contributed by atoms with Crippen molar-refractivity contribution in [3.63, 3.8) is 0 Å². The van der Waals surface area contributed by atoms with Crippen LogP contribution in [0.1, 0.15) is 28.5 Å². The average Bonchev–Trinajstić information content (AvgIpc) is 2.98. The van der Waals surface area contributed by atoms with Crippen LogP contribution in [0.25, 0.3) is 10.9 Å². The van der Waals surface area contributed by atoms with Gasteiger partial charge in [0.25, 0.3) is 0 Å². The Labute approximate surface area is 140 Å².